The van der Waals surface area contributed by atoms with E-state index in [1.165, 1.54) is 16.7 Å². The van der Waals surface area contributed by atoms with Crippen LogP contribution in [0.3, 0.4) is 0 Å². The second kappa shape index (κ2) is 12.6. The summed E-state index contributed by atoms with van der Waals surface area (Å²) in [7, 11) is 0. The van der Waals surface area contributed by atoms with Crippen molar-refractivity contribution >= 4 is 17.6 Å². The fourth-order valence-corrected chi connectivity index (χ4v) is 2.77. The Morgan fingerprint density at radius 3 is 2.24 bits per heavy atom. The van der Waals surface area contributed by atoms with Crippen LogP contribution in [-0.4, -0.2) is 38.4 Å². The highest BCUT2D eigenvalue weighted by Crippen LogP contribution is 2.31. The van der Waals surface area contributed by atoms with Crippen molar-refractivity contribution in [3.8, 4) is 5.75 Å². The number of ether oxygens (including phenoxy) is 3. The van der Waals surface area contributed by atoms with Crippen molar-refractivity contribution in [3.63, 3.8) is 0 Å². The number of carbonyl (C=O) groups is 2. The number of rotatable bonds is 11. The van der Waals surface area contributed by atoms with Crippen LogP contribution in [0.2, 0.25) is 0 Å². The van der Waals surface area contributed by atoms with Crippen LogP contribution in [0.5, 0.6) is 5.75 Å². The molecule has 1 amide bonds. The number of amides is 1. The molecule has 1 aromatic carbocycles. The maximum atomic E-state index is 11.5. The zero-order valence-electron chi connectivity index (χ0n) is 18.1. The van der Waals surface area contributed by atoms with Gasteiger partial charge in [-0.05, 0) is 42.0 Å². The fraction of sp³-hybridized carbons (Fsp3) is 0.478. The van der Waals surface area contributed by atoms with Gasteiger partial charge in [0.15, 0.2) is 0 Å². The average Bonchev–Trinajstić information content (AvgIpc) is 2.69. The lowest BCUT2D eigenvalue weighted by molar-refractivity contribution is -0.137. The molecule has 1 aromatic rings. The van der Waals surface area contributed by atoms with E-state index in [9.17, 15) is 9.59 Å². The summed E-state index contributed by atoms with van der Waals surface area (Å²) >= 11 is 0. The molecule has 1 N–H and O–H groups in total. The largest absolute Gasteiger partial charge is 0.490 e. The summed E-state index contributed by atoms with van der Waals surface area (Å²) in [6, 6.07) is 7.99. The van der Waals surface area contributed by atoms with Crippen LogP contribution in [0.25, 0.3) is 5.57 Å². The minimum absolute atomic E-state index is 0. The molecule has 0 saturated heterocycles. The van der Waals surface area contributed by atoms with Gasteiger partial charge in [-0.25, -0.2) is 9.59 Å². The van der Waals surface area contributed by atoms with Gasteiger partial charge in [0, 0.05) is 7.50 Å². The Labute approximate surface area is 175 Å². The van der Waals surface area contributed by atoms with Gasteiger partial charge in [0.1, 0.15) is 25.6 Å². The Bertz CT molecular complexity index is 711. The third kappa shape index (κ3) is 8.85. The Hall–Kier alpha value is -2.76. The van der Waals surface area contributed by atoms with E-state index in [1.807, 2.05) is 12.1 Å². The third-order valence-corrected chi connectivity index (χ3v) is 4.40. The van der Waals surface area contributed by atoms with Gasteiger partial charge in [0.25, 0.3) is 0 Å². The Kier molecular flexibility index (Phi) is 10.6. The normalized spacial score (nSPS) is 11.7. The first-order valence-electron chi connectivity index (χ1n) is 9.90. The maximum absolute atomic E-state index is 11.5. The summed E-state index contributed by atoms with van der Waals surface area (Å²) in [6.45, 7) is 14.9. The number of carbonyl (C=O) groups excluding carboxylic acids is 2. The number of allylic oxidation sites excluding steroid dienone is 2. The molecule has 6 heteroatoms. The van der Waals surface area contributed by atoms with E-state index in [0.717, 1.165) is 11.8 Å². The van der Waals surface area contributed by atoms with Gasteiger partial charge < -0.3 is 19.5 Å². The number of benzene rings is 1. The maximum Gasteiger partial charge on any atom is 0.407 e. The second-order valence-corrected chi connectivity index (χ2v) is 7.21. The van der Waals surface area contributed by atoms with Crippen LogP contribution < -0.4 is 10.1 Å². The minimum Gasteiger partial charge on any atom is -0.490 e. The molecule has 0 aliphatic rings. The molecule has 0 fully saturated rings. The molecule has 1 rings (SSSR count). The molecular formula is C23H35NO5. The summed E-state index contributed by atoms with van der Waals surface area (Å²) in [4.78, 5) is 22.4. The first kappa shape index (κ1) is 24.3. The van der Waals surface area contributed by atoms with Crippen molar-refractivity contribution in [3.05, 3.63) is 48.1 Å². The summed E-state index contributed by atoms with van der Waals surface area (Å²) < 4.78 is 15.4. The molecule has 0 radical (unpaired) electrons. The van der Waals surface area contributed by atoms with Crippen molar-refractivity contribution in [2.24, 2.45) is 11.8 Å². The zero-order chi connectivity index (χ0) is 21.8. The molecule has 162 valence electrons. The highest BCUT2D eigenvalue weighted by molar-refractivity contribution is 5.81. The highest BCUT2D eigenvalue weighted by atomic mass is 16.6. The molecule has 0 aliphatic heterocycles. The lowest BCUT2D eigenvalue weighted by atomic mass is 9.87. The highest BCUT2D eigenvalue weighted by Gasteiger charge is 2.12. The second-order valence-electron chi connectivity index (χ2n) is 7.21. The molecule has 0 saturated carbocycles. The molecule has 0 atom stereocenters. The Morgan fingerprint density at radius 2 is 1.69 bits per heavy atom. The van der Waals surface area contributed by atoms with Crippen LogP contribution in [0.1, 0.15) is 41.6 Å². The predicted molar refractivity (Wildman–Crippen MR) is 117 cm³/mol. The van der Waals surface area contributed by atoms with E-state index in [-0.39, 0.29) is 27.8 Å². The first-order valence-corrected chi connectivity index (χ1v) is 9.90. The molecule has 0 aromatic heterocycles. The third-order valence-electron chi connectivity index (χ3n) is 4.40. The molecule has 0 heterocycles. The van der Waals surface area contributed by atoms with Crippen molar-refractivity contribution < 1.29 is 25.2 Å². The summed E-state index contributed by atoms with van der Waals surface area (Å²) in [5, 5.41) is 2.48. The predicted octanol–water partition coefficient (Wildman–Crippen LogP) is 4.85. The summed E-state index contributed by atoms with van der Waals surface area (Å²) in [5.41, 5.74) is 3.96. The van der Waals surface area contributed by atoms with E-state index in [4.69, 9.17) is 14.2 Å². The molecule has 0 aliphatic carbocycles. The van der Waals surface area contributed by atoms with E-state index < -0.39 is 12.1 Å². The number of esters is 1. The van der Waals surface area contributed by atoms with E-state index in [2.05, 4.69) is 58.6 Å². The lowest BCUT2D eigenvalue weighted by Crippen LogP contribution is -2.29. The van der Waals surface area contributed by atoms with E-state index in [1.54, 1.807) is 0 Å². The molecule has 0 spiro atoms. The van der Waals surface area contributed by atoms with Crippen LogP contribution in [0, 0.1) is 11.8 Å². The van der Waals surface area contributed by atoms with Crippen molar-refractivity contribution in [1.82, 2.24) is 5.32 Å². The van der Waals surface area contributed by atoms with Crippen LogP contribution in [-0.2, 0) is 14.3 Å². The topological polar surface area (TPSA) is 73.9 Å². The Balaban J connectivity index is 0.00000841. The Morgan fingerprint density at radius 1 is 1.03 bits per heavy atom. The average molecular weight is 406 g/mol. The van der Waals surface area contributed by atoms with Crippen LogP contribution in [0.4, 0.5) is 4.79 Å². The number of hydrogen-bond donors (Lipinski definition) is 1. The van der Waals surface area contributed by atoms with Crippen molar-refractivity contribution in [2.75, 3.05) is 26.4 Å². The van der Waals surface area contributed by atoms with Crippen LogP contribution >= 0.6 is 0 Å². The molecular weight excluding hydrogens is 370 g/mol. The quantitative estimate of drug-likeness (QED) is 0.324. The van der Waals surface area contributed by atoms with Gasteiger partial charge in [0.05, 0.1) is 6.54 Å². The number of alkyl carbamates (subject to hydrolysis) is 1. The van der Waals surface area contributed by atoms with Gasteiger partial charge in [-0.2, -0.15) is 0 Å². The zero-order valence-corrected chi connectivity index (χ0v) is 18.1. The molecule has 0 bridgehead atoms. The molecule has 6 nitrogen and oxygen atoms in total. The number of hydrogen-bond acceptors (Lipinski definition) is 5. The molecule has 0 unspecified atom stereocenters. The molecule has 29 heavy (non-hydrogen) atoms. The summed E-state index contributed by atoms with van der Waals surface area (Å²) in [6.07, 6.45) is 0.475. The van der Waals surface area contributed by atoms with Gasteiger partial charge in [0.2, 0.25) is 0 Å². The lowest BCUT2D eigenvalue weighted by Gasteiger charge is -2.19. The first-order chi connectivity index (χ1) is 13.8. The SMILES string of the molecule is C=CC(=O)OCCNC(=O)OCCOc1ccc(/C(=C(/C)C(C)C)C(C)C)cc1.[HH]. The van der Waals surface area contributed by atoms with E-state index >= 15 is 0 Å². The van der Waals surface area contributed by atoms with Gasteiger partial charge >= 0.3 is 12.1 Å². The standard InChI is InChI=1S/C23H33NO5.H2/c1-7-21(25)28-13-12-24-23(26)29-15-14-27-20-10-8-19(9-11-20)22(17(4)5)18(6)16(2)3;/h7-11,16-17H,1,12-15H2,2-6H3,(H,24,26);1H/b22-18-;. The van der Waals surface area contributed by atoms with E-state index in [0.29, 0.717) is 11.8 Å². The van der Waals surface area contributed by atoms with Crippen LogP contribution in [0.15, 0.2) is 42.5 Å². The fourth-order valence-electron chi connectivity index (χ4n) is 2.77. The number of nitrogens with one attached hydrogen (secondary N) is 1. The van der Waals surface area contributed by atoms with Crippen molar-refractivity contribution in [1.29, 1.82) is 0 Å². The summed E-state index contributed by atoms with van der Waals surface area (Å²) in [5.74, 6) is 1.13. The van der Waals surface area contributed by atoms with Gasteiger partial charge in [-0.1, -0.05) is 52.0 Å². The van der Waals surface area contributed by atoms with Crippen molar-refractivity contribution in [2.45, 2.75) is 34.6 Å². The minimum atomic E-state index is -0.588. The monoisotopic (exact) mass is 405 g/mol. The van der Waals surface area contributed by atoms with Gasteiger partial charge in [-0.3, -0.25) is 0 Å². The van der Waals surface area contributed by atoms with Gasteiger partial charge in [-0.15, -0.1) is 0 Å². The smallest absolute Gasteiger partial charge is 0.407 e.